The molecule has 3 heterocycles. The summed E-state index contributed by atoms with van der Waals surface area (Å²) in [5.41, 5.74) is 0.933. The molecule has 112 valence electrons. The number of esters is 1. The van der Waals surface area contributed by atoms with Gasteiger partial charge in [-0.3, -0.25) is 0 Å². The third-order valence-corrected chi connectivity index (χ3v) is 4.82. The van der Waals surface area contributed by atoms with Crippen LogP contribution >= 0.6 is 11.3 Å². The summed E-state index contributed by atoms with van der Waals surface area (Å²) in [6.45, 7) is 7.71. The van der Waals surface area contributed by atoms with Gasteiger partial charge in [0.25, 0.3) is 0 Å². The highest BCUT2D eigenvalue weighted by atomic mass is 32.1. The van der Waals surface area contributed by atoms with Crippen molar-refractivity contribution < 1.29 is 9.53 Å². The number of ether oxygens (including phenoxy) is 1. The first-order valence-corrected chi connectivity index (χ1v) is 8.09. The molecule has 0 unspecified atom stereocenters. The number of aryl methyl sites for hydroxylation is 1. The van der Waals surface area contributed by atoms with Gasteiger partial charge in [0.15, 0.2) is 0 Å². The first-order chi connectivity index (χ1) is 10.1. The Morgan fingerprint density at radius 3 is 2.71 bits per heavy atom. The Hall–Kier alpha value is -1.69. The summed E-state index contributed by atoms with van der Waals surface area (Å²) < 4.78 is 5.32. The standard InChI is InChI=1S/C15H19N3O2S/c1-9(2)20-15(19)12-10(3)11-13(18-6-4-5-7-18)16-8-17-14(11)21-12/h8-9H,4-7H2,1-3H3. The second kappa shape index (κ2) is 5.60. The highest BCUT2D eigenvalue weighted by Gasteiger charge is 2.24. The monoisotopic (exact) mass is 305 g/mol. The molecule has 1 aliphatic heterocycles. The molecule has 1 aliphatic rings. The van der Waals surface area contributed by atoms with Gasteiger partial charge in [-0.15, -0.1) is 11.3 Å². The average Bonchev–Trinajstić information content (AvgIpc) is 3.06. The third-order valence-electron chi connectivity index (χ3n) is 3.64. The van der Waals surface area contributed by atoms with E-state index in [-0.39, 0.29) is 12.1 Å². The van der Waals surface area contributed by atoms with Crippen LogP contribution in [0.5, 0.6) is 0 Å². The Morgan fingerprint density at radius 2 is 2.05 bits per heavy atom. The van der Waals surface area contributed by atoms with Crippen LogP contribution in [0.3, 0.4) is 0 Å². The van der Waals surface area contributed by atoms with E-state index in [0.29, 0.717) is 4.88 Å². The number of rotatable bonds is 3. The second-order valence-corrected chi connectivity index (χ2v) is 6.58. The van der Waals surface area contributed by atoms with E-state index in [2.05, 4.69) is 14.9 Å². The minimum atomic E-state index is -0.266. The van der Waals surface area contributed by atoms with Gasteiger partial charge in [0.05, 0.1) is 11.5 Å². The van der Waals surface area contributed by atoms with Crippen molar-refractivity contribution >= 4 is 33.3 Å². The molecule has 0 radical (unpaired) electrons. The van der Waals surface area contributed by atoms with E-state index >= 15 is 0 Å². The summed E-state index contributed by atoms with van der Waals surface area (Å²) in [5.74, 6) is 0.688. The van der Waals surface area contributed by atoms with E-state index in [4.69, 9.17) is 4.74 Å². The van der Waals surface area contributed by atoms with E-state index in [1.54, 1.807) is 6.33 Å². The van der Waals surface area contributed by atoms with E-state index in [1.807, 2.05) is 20.8 Å². The first kappa shape index (κ1) is 14.3. The quantitative estimate of drug-likeness (QED) is 0.815. The van der Waals surface area contributed by atoms with Crippen molar-refractivity contribution in [2.24, 2.45) is 0 Å². The molecule has 0 spiro atoms. The molecule has 5 nitrogen and oxygen atoms in total. The lowest BCUT2D eigenvalue weighted by Gasteiger charge is -2.17. The predicted octanol–water partition coefficient (Wildman–Crippen LogP) is 3.17. The third kappa shape index (κ3) is 2.60. The van der Waals surface area contributed by atoms with Gasteiger partial charge in [-0.25, -0.2) is 14.8 Å². The van der Waals surface area contributed by atoms with Crippen molar-refractivity contribution in [2.45, 2.75) is 39.7 Å². The van der Waals surface area contributed by atoms with Gasteiger partial charge in [-0.2, -0.15) is 0 Å². The van der Waals surface area contributed by atoms with Crippen LogP contribution < -0.4 is 4.90 Å². The highest BCUT2D eigenvalue weighted by Crippen LogP contribution is 2.36. The molecule has 1 fully saturated rings. The lowest BCUT2D eigenvalue weighted by molar-refractivity contribution is 0.0383. The molecule has 0 aromatic carbocycles. The number of hydrogen-bond donors (Lipinski definition) is 0. The molecule has 1 saturated heterocycles. The molecule has 21 heavy (non-hydrogen) atoms. The Morgan fingerprint density at radius 1 is 1.33 bits per heavy atom. The minimum absolute atomic E-state index is 0.119. The molecule has 0 amide bonds. The van der Waals surface area contributed by atoms with E-state index < -0.39 is 0 Å². The summed E-state index contributed by atoms with van der Waals surface area (Å²) in [4.78, 5) is 24.8. The van der Waals surface area contributed by atoms with Crippen LogP contribution in [0.2, 0.25) is 0 Å². The molecule has 0 saturated carbocycles. The van der Waals surface area contributed by atoms with Crippen LogP contribution in [0.25, 0.3) is 10.2 Å². The maximum Gasteiger partial charge on any atom is 0.348 e. The first-order valence-electron chi connectivity index (χ1n) is 7.28. The number of carbonyl (C=O) groups excluding carboxylic acids is 1. The Kier molecular flexibility index (Phi) is 3.80. The Labute approximate surface area is 128 Å². The molecular formula is C15H19N3O2S. The van der Waals surface area contributed by atoms with Crippen LogP contribution in [0.1, 0.15) is 41.9 Å². The van der Waals surface area contributed by atoms with Crippen molar-refractivity contribution in [2.75, 3.05) is 18.0 Å². The van der Waals surface area contributed by atoms with E-state index in [0.717, 1.165) is 34.7 Å². The fourth-order valence-corrected chi connectivity index (χ4v) is 3.71. The number of hydrogen-bond acceptors (Lipinski definition) is 6. The van der Waals surface area contributed by atoms with Crippen LogP contribution in [0.4, 0.5) is 5.82 Å². The zero-order valence-corrected chi connectivity index (χ0v) is 13.4. The normalized spacial score (nSPS) is 15.1. The summed E-state index contributed by atoms with van der Waals surface area (Å²) in [7, 11) is 0. The van der Waals surface area contributed by atoms with Crippen molar-refractivity contribution in [3.05, 3.63) is 16.8 Å². The second-order valence-electron chi connectivity index (χ2n) is 5.58. The SMILES string of the molecule is Cc1c(C(=O)OC(C)C)sc2ncnc(N3CCCC3)c12. The van der Waals surface area contributed by atoms with Gasteiger partial charge in [0.1, 0.15) is 21.9 Å². The summed E-state index contributed by atoms with van der Waals surface area (Å²) >= 11 is 1.39. The zero-order chi connectivity index (χ0) is 15.0. The van der Waals surface area contributed by atoms with Crippen molar-refractivity contribution in [3.8, 4) is 0 Å². The van der Waals surface area contributed by atoms with E-state index in [1.165, 1.54) is 24.2 Å². The van der Waals surface area contributed by atoms with Gasteiger partial charge in [0, 0.05) is 13.1 Å². The Bertz CT molecular complexity index is 675. The molecule has 0 atom stereocenters. The topological polar surface area (TPSA) is 55.3 Å². The number of anilines is 1. The summed E-state index contributed by atoms with van der Waals surface area (Å²) in [6, 6.07) is 0. The summed E-state index contributed by atoms with van der Waals surface area (Å²) in [5, 5.41) is 1.00. The average molecular weight is 305 g/mol. The smallest absolute Gasteiger partial charge is 0.348 e. The lowest BCUT2D eigenvalue weighted by atomic mass is 10.2. The molecule has 6 heteroatoms. The van der Waals surface area contributed by atoms with Crippen LogP contribution in [0.15, 0.2) is 6.33 Å². The molecular weight excluding hydrogens is 286 g/mol. The molecule has 2 aromatic rings. The van der Waals surface area contributed by atoms with Gasteiger partial charge < -0.3 is 9.64 Å². The number of carbonyl (C=O) groups is 1. The lowest BCUT2D eigenvalue weighted by Crippen LogP contribution is -2.19. The number of aromatic nitrogens is 2. The molecule has 3 rings (SSSR count). The van der Waals surface area contributed by atoms with Gasteiger partial charge >= 0.3 is 5.97 Å². The summed E-state index contributed by atoms with van der Waals surface area (Å²) in [6.07, 6.45) is 3.85. The number of fused-ring (bicyclic) bond motifs is 1. The number of thiophene rings is 1. The molecule has 0 bridgehead atoms. The van der Waals surface area contributed by atoms with Crippen LogP contribution in [0, 0.1) is 6.92 Å². The van der Waals surface area contributed by atoms with Gasteiger partial charge in [0.2, 0.25) is 0 Å². The Balaban J connectivity index is 2.07. The maximum absolute atomic E-state index is 12.2. The van der Waals surface area contributed by atoms with Crippen molar-refractivity contribution in [3.63, 3.8) is 0 Å². The van der Waals surface area contributed by atoms with Gasteiger partial charge in [-0.1, -0.05) is 0 Å². The maximum atomic E-state index is 12.2. The van der Waals surface area contributed by atoms with Crippen molar-refractivity contribution in [1.82, 2.24) is 9.97 Å². The van der Waals surface area contributed by atoms with Crippen molar-refractivity contribution in [1.29, 1.82) is 0 Å². The van der Waals surface area contributed by atoms with Gasteiger partial charge in [-0.05, 0) is 39.2 Å². The molecule has 2 aromatic heterocycles. The largest absolute Gasteiger partial charge is 0.459 e. The number of nitrogens with zero attached hydrogens (tertiary/aromatic N) is 3. The van der Waals surface area contributed by atoms with Crippen LogP contribution in [-0.4, -0.2) is 35.1 Å². The van der Waals surface area contributed by atoms with E-state index in [9.17, 15) is 4.79 Å². The highest BCUT2D eigenvalue weighted by molar-refractivity contribution is 7.20. The fraction of sp³-hybridized carbons (Fsp3) is 0.533. The predicted molar refractivity (Wildman–Crippen MR) is 84.2 cm³/mol. The zero-order valence-electron chi connectivity index (χ0n) is 12.5. The van der Waals surface area contributed by atoms with Crippen LogP contribution in [-0.2, 0) is 4.74 Å². The fourth-order valence-electron chi connectivity index (χ4n) is 2.68. The molecule has 0 N–H and O–H groups in total. The minimum Gasteiger partial charge on any atom is -0.459 e. The molecule has 0 aliphatic carbocycles.